The van der Waals surface area contributed by atoms with Crippen LogP contribution in [0.2, 0.25) is 5.02 Å². The smallest absolute Gasteiger partial charge is 0.329 e. The van der Waals surface area contributed by atoms with Gasteiger partial charge in [0.15, 0.2) is 18.1 Å². The zero-order valence-corrected chi connectivity index (χ0v) is 18.6. The minimum Gasteiger partial charge on any atom is -0.486 e. The van der Waals surface area contributed by atoms with Crippen LogP contribution in [0.15, 0.2) is 42.5 Å². The molecule has 0 aliphatic carbocycles. The largest absolute Gasteiger partial charge is 0.486 e. The van der Waals surface area contributed by atoms with E-state index in [1.165, 1.54) is 0 Å². The van der Waals surface area contributed by atoms with Gasteiger partial charge in [-0.15, -0.1) is 0 Å². The minimum absolute atomic E-state index is 0.115. The second-order valence-corrected chi connectivity index (χ2v) is 8.11. The summed E-state index contributed by atoms with van der Waals surface area (Å²) in [4.78, 5) is 37.3. The lowest BCUT2D eigenvalue weighted by molar-refractivity contribution is -0.149. The monoisotopic (exact) mass is 460 g/mol. The second-order valence-electron chi connectivity index (χ2n) is 7.68. The maximum atomic E-state index is 12.6. The average Bonchev–Trinajstić information content (AvgIpc) is 2.77. The van der Waals surface area contributed by atoms with E-state index >= 15 is 0 Å². The summed E-state index contributed by atoms with van der Waals surface area (Å²) >= 11 is 5.85. The van der Waals surface area contributed by atoms with Crippen LogP contribution < -0.4 is 20.1 Å². The van der Waals surface area contributed by atoms with Gasteiger partial charge in [-0.2, -0.15) is 0 Å². The fourth-order valence-corrected chi connectivity index (χ4v) is 3.21. The Kier molecular flexibility index (Phi) is 7.94. The molecule has 0 unspecified atom stereocenters. The highest BCUT2D eigenvalue weighted by atomic mass is 35.5. The number of esters is 1. The molecule has 0 bridgehead atoms. The standard InChI is InChI=1S/C23H25ClN2O6/c1-14(2)11-18(26-22(28)15-3-5-16(24)6-4-15)23(29)32-13-21(27)25-17-7-8-19-20(12-17)31-10-9-30-19/h3-8,12,14,18H,9-11,13H2,1-2H3,(H,25,27)(H,26,28)/t18-/m0/s1. The number of halogens is 1. The molecule has 0 saturated carbocycles. The molecule has 2 N–H and O–H groups in total. The summed E-state index contributed by atoms with van der Waals surface area (Å²) < 4.78 is 16.1. The van der Waals surface area contributed by atoms with Crippen molar-refractivity contribution in [1.29, 1.82) is 0 Å². The number of nitrogens with one attached hydrogen (secondary N) is 2. The van der Waals surface area contributed by atoms with Gasteiger partial charge in [0, 0.05) is 22.3 Å². The van der Waals surface area contributed by atoms with Crippen LogP contribution in [0.4, 0.5) is 5.69 Å². The van der Waals surface area contributed by atoms with Crippen molar-refractivity contribution in [2.24, 2.45) is 5.92 Å². The number of carbonyl (C=O) groups excluding carboxylic acids is 3. The lowest BCUT2D eigenvalue weighted by Gasteiger charge is -2.20. The number of carbonyl (C=O) groups is 3. The number of hydrogen-bond donors (Lipinski definition) is 2. The van der Waals surface area contributed by atoms with E-state index in [1.807, 2.05) is 13.8 Å². The molecule has 170 valence electrons. The number of hydrogen-bond acceptors (Lipinski definition) is 6. The van der Waals surface area contributed by atoms with Gasteiger partial charge in [0.25, 0.3) is 11.8 Å². The first-order valence-electron chi connectivity index (χ1n) is 10.2. The molecule has 2 amide bonds. The third-order valence-corrected chi connectivity index (χ3v) is 4.83. The van der Waals surface area contributed by atoms with Crippen LogP contribution in [0, 0.1) is 5.92 Å². The molecule has 32 heavy (non-hydrogen) atoms. The zero-order valence-electron chi connectivity index (χ0n) is 17.9. The first kappa shape index (κ1) is 23.4. The third-order valence-electron chi connectivity index (χ3n) is 4.57. The van der Waals surface area contributed by atoms with Crippen molar-refractivity contribution in [3.8, 4) is 11.5 Å². The Bertz CT molecular complexity index is 977. The van der Waals surface area contributed by atoms with Crippen molar-refractivity contribution >= 4 is 35.1 Å². The summed E-state index contributed by atoms with van der Waals surface area (Å²) in [7, 11) is 0. The molecule has 0 saturated heterocycles. The van der Waals surface area contributed by atoms with Gasteiger partial charge in [-0.05, 0) is 48.7 Å². The van der Waals surface area contributed by atoms with E-state index < -0.39 is 30.4 Å². The van der Waals surface area contributed by atoms with Crippen molar-refractivity contribution in [2.75, 3.05) is 25.1 Å². The van der Waals surface area contributed by atoms with Gasteiger partial charge in [0.1, 0.15) is 19.3 Å². The maximum absolute atomic E-state index is 12.6. The number of benzene rings is 2. The topological polar surface area (TPSA) is 103 Å². The van der Waals surface area contributed by atoms with Crippen molar-refractivity contribution in [2.45, 2.75) is 26.3 Å². The van der Waals surface area contributed by atoms with E-state index in [1.54, 1.807) is 42.5 Å². The van der Waals surface area contributed by atoms with E-state index in [0.29, 0.717) is 47.4 Å². The highest BCUT2D eigenvalue weighted by Gasteiger charge is 2.25. The highest BCUT2D eigenvalue weighted by molar-refractivity contribution is 6.30. The van der Waals surface area contributed by atoms with Crippen LogP contribution in [0.5, 0.6) is 11.5 Å². The summed E-state index contributed by atoms with van der Waals surface area (Å²) in [5, 5.41) is 5.82. The van der Waals surface area contributed by atoms with E-state index in [9.17, 15) is 14.4 Å². The van der Waals surface area contributed by atoms with Crippen LogP contribution in [0.1, 0.15) is 30.6 Å². The van der Waals surface area contributed by atoms with Gasteiger partial charge in [0.2, 0.25) is 0 Å². The quantitative estimate of drug-likeness (QED) is 0.585. The molecule has 0 aromatic heterocycles. The van der Waals surface area contributed by atoms with Crippen LogP contribution in [-0.2, 0) is 14.3 Å². The molecule has 2 aromatic rings. The minimum atomic E-state index is -0.889. The molecule has 9 heteroatoms. The molecule has 0 radical (unpaired) electrons. The van der Waals surface area contributed by atoms with Gasteiger partial charge < -0.3 is 24.8 Å². The Morgan fingerprint density at radius 3 is 2.41 bits per heavy atom. The molecule has 0 fully saturated rings. The number of anilines is 1. The van der Waals surface area contributed by atoms with Gasteiger partial charge in [-0.25, -0.2) is 4.79 Å². The van der Waals surface area contributed by atoms with E-state index in [4.69, 9.17) is 25.8 Å². The Hall–Kier alpha value is -3.26. The van der Waals surface area contributed by atoms with Gasteiger partial charge in [0.05, 0.1) is 0 Å². The van der Waals surface area contributed by atoms with Crippen LogP contribution in [0.3, 0.4) is 0 Å². The van der Waals surface area contributed by atoms with Gasteiger partial charge >= 0.3 is 5.97 Å². The summed E-state index contributed by atoms with van der Waals surface area (Å²) in [6.45, 7) is 4.26. The first-order chi connectivity index (χ1) is 15.3. The van der Waals surface area contributed by atoms with E-state index in [0.717, 1.165) is 0 Å². The molecular formula is C23H25ClN2O6. The highest BCUT2D eigenvalue weighted by Crippen LogP contribution is 2.32. The second kappa shape index (κ2) is 10.9. The van der Waals surface area contributed by atoms with Crippen LogP contribution in [-0.4, -0.2) is 43.6 Å². The molecule has 2 aromatic carbocycles. The predicted molar refractivity (Wildman–Crippen MR) is 119 cm³/mol. The molecule has 1 aliphatic rings. The van der Waals surface area contributed by atoms with Crippen LogP contribution in [0.25, 0.3) is 0 Å². The van der Waals surface area contributed by atoms with Crippen molar-refractivity contribution < 1.29 is 28.6 Å². The Morgan fingerprint density at radius 2 is 1.72 bits per heavy atom. The lowest BCUT2D eigenvalue weighted by Crippen LogP contribution is -2.43. The SMILES string of the molecule is CC(C)C[C@H](NC(=O)c1ccc(Cl)cc1)C(=O)OCC(=O)Nc1ccc2c(c1)OCCO2. The number of rotatable bonds is 8. The fraction of sp³-hybridized carbons (Fsp3) is 0.348. The fourth-order valence-electron chi connectivity index (χ4n) is 3.08. The first-order valence-corrected chi connectivity index (χ1v) is 10.6. The summed E-state index contributed by atoms with van der Waals surface area (Å²) in [5.41, 5.74) is 0.859. The normalized spacial score (nSPS) is 13.2. The van der Waals surface area contributed by atoms with Crippen molar-refractivity contribution in [3.05, 3.63) is 53.1 Å². The van der Waals surface area contributed by atoms with Crippen molar-refractivity contribution in [1.82, 2.24) is 5.32 Å². The van der Waals surface area contributed by atoms with E-state index in [2.05, 4.69) is 10.6 Å². The Balaban J connectivity index is 1.55. The molecule has 1 atom stereocenters. The lowest BCUT2D eigenvalue weighted by atomic mass is 10.0. The maximum Gasteiger partial charge on any atom is 0.329 e. The van der Waals surface area contributed by atoms with Gasteiger partial charge in [-0.1, -0.05) is 25.4 Å². The Morgan fingerprint density at radius 1 is 1.03 bits per heavy atom. The van der Waals surface area contributed by atoms with Crippen LogP contribution >= 0.6 is 11.6 Å². The van der Waals surface area contributed by atoms with Gasteiger partial charge in [-0.3, -0.25) is 9.59 Å². The van der Waals surface area contributed by atoms with E-state index in [-0.39, 0.29) is 5.92 Å². The Labute approximate surface area is 191 Å². The third kappa shape index (κ3) is 6.62. The summed E-state index contributed by atoms with van der Waals surface area (Å²) in [6.07, 6.45) is 0.363. The molecule has 3 rings (SSSR count). The summed E-state index contributed by atoms with van der Waals surface area (Å²) in [6, 6.07) is 10.4. The molecular weight excluding hydrogens is 436 g/mol. The number of fused-ring (bicyclic) bond motifs is 1. The molecule has 1 aliphatic heterocycles. The molecule has 1 heterocycles. The number of amides is 2. The molecule has 0 spiro atoms. The predicted octanol–water partition coefficient (Wildman–Crippen LogP) is 3.44. The molecule has 8 nitrogen and oxygen atoms in total. The van der Waals surface area contributed by atoms with Crippen molar-refractivity contribution in [3.63, 3.8) is 0 Å². The summed E-state index contributed by atoms with van der Waals surface area (Å²) in [5.74, 6) is -0.364. The number of ether oxygens (including phenoxy) is 3. The zero-order chi connectivity index (χ0) is 23.1. The average molecular weight is 461 g/mol.